The Labute approximate surface area is 126 Å². The highest BCUT2D eigenvalue weighted by Gasteiger charge is 2.25. The minimum absolute atomic E-state index is 0.0662. The van der Waals surface area contributed by atoms with E-state index in [4.69, 9.17) is 0 Å². The molecular formula is C15H17N3O2S. The van der Waals surface area contributed by atoms with Gasteiger partial charge in [-0.15, -0.1) is 5.10 Å². The number of H-pyrrole nitrogens is 1. The van der Waals surface area contributed by atoms with Crippen LogP contribution < -0.4 is 5.69 Å². The Morgan fingerprint density at radius 1 is 1.24 bits per heavy atom. The van der Waals surface area contributed by atoms with Gasteiger partial charge >= 0.3 is 5.69 Å². The van der Waals surface area contributed by atoms with E-state index < -0.39 is 0 Å². The van der Waals surface area contributed by atoms with Crippen LogP contribution in [0.3, 0.4) is 0 Å². The lowest BCUT2D eigenvalue weighted by molar-refractivity contribution is -0.119. The summed E-state index contributed by atoms with van der Waals surface area (Å²) in [6.07, 6.45) is 3.56. The Morgan fingerprint density at radius 2 is 2.05 bits per heavy atom. The Morgan fingerprint density at radius 3 is 2.81 bits per heavy atom. The maximum atomic E-state index is 11.9. The number of aromatic amines is 1. The van der Waals surface area contributed by atoms with Gasteiger partial charge < -0.3 is 0 Å². The third-order valence-corrected chi connectivity index (χ3v) is 4.96. The molecule has 3 rings (SSSR count). The number of rotatable bonds is 4. The summed E-state index contributed by atoms with van der Waals surface area (Å²) in [7, 11) is 0. The van der Waals surface area contributed by atoms with Gasteiger partial charge in [0.05, 0.1) is 11.8 Å². The van der Waals surface area contributed by atoms with E-state index in [0.717, 1.165) is 24.8 Å². The first kappa shape index (κ1) is 14.1. The minimum Gasteiger partial charge on any atom is -0.298 e. The Kier molecular flexibility index (Phi) is 4.24. The van der Waals surface area contributed by atoms with Gasteiger partial charge in [-0.05, 0) is 18.4 Å². The van der Waals surface area contributed by atoms with Crippen LogP contribution in [0.5, 0.6) is 0 Å². The molecule has 1 atom stereocenters. The highest BCUT2D eigenvalue weighted by Crippen LogP contribution is 2.30. The lowest BCUT2D eigenvalue weighted by atomic mass is 9.99. The number of nitrogens with one attached hydrogen (secondary N) is 1. The normalized spacial score (nSPS) is 18.9. The third-order valence-electron chi connectivity index (χ3n) is 3.65. The zero-order valence-corrected chi connectivity index (χ0v) is 12.4. The van der Waals surface area contributed by atoms with E-state index in [1.54, 1.807) is 4.57 Å². The fourth-order valence-corrected chi connectivity index (χ4v) is 3.66. The number of aromatic nitrogens is 3. The molecule has 110 valence electrons. The monoisotopic (exact) mass is 303 g/mol. The zero-order chi connectivity index (χ0) is 14.7. The molecule has 0 unspecified atom stereocenters. The van der Waals surface area contributed by atoms with Crippen molar-refractivity contribution in [2.45, 2.75) is 42.6 Å². The molecule has 6 heteroatoms. The van der Waals surface area contributed by atoms with Gasteiger partial charge in [0.15, 0.2) is 5.16 Å². The van der Waals surface area contributed by atoms with Gasteiger partial charge in [0.25, 0.3) is 0 Å². The maximum absolute atomic E-state index is 11.9. The number of ketones is 1. The second-order valence-electron chi connectivity index (χ2n) is 5.20. The summed E-state index contributed by atoms with van der Waals surface area (Å²) in [5, 5.41) is 7.10. The van der Waals surface area contributed by atoms with Crippen LogP contribution in [0.4, 0.5) is 0 Å². The Bertz CT molecular complexity index is 678. The van der Waals surface area contributed by atoms with Crippen LogP contribution in [0, 0.1) is 0 Å². The number of hydrogen-bond donors (Lipinski definition) is 1. The van der Waals surface area contributed by atoms with E-state index in [1.165, 1.54) is 11.8 Å². The summed E-state index contributed by atoms with van der Waals surface area (Å²) in [5.41, 5.74) is 0.808. The molecule has 1 aromatic carbocycles. The summed E-state index contributed by atoms with van der Waals surface area (Å²) in [6.45, 7) is 0.472. The fourth-order valence-electron chi connectivity index (χ4n) is 2.50. The highest BCUT2D eigenvalue weighted by molar-refractivity contribution is 8.00. The van der Waals surface area contributed by atoms with E-state index in [1.807, 2.05) is 30.3 Å². The van der Waals surface area contributed by atoms with Gasteiger partial charge in [0, 0.05) is 6.42 Å². The molecule has 0 amide bonds. The molecular weight excluding hydrogens is 286 g/mol. The van der Waals surface area contributed by atoms with E-state index >= 15 is 0 Å². The van der Waals surface area contributed by atoms with Crippen LogP contribution in [0.1, 0.15) is 31.2 Å². The molecule has 1 fully saturated rings. The van der Waals surface area contributed by atoms with Gasteiger partial charge in [-0.3, -0.25) is 9.36 Å². The first-order chi connectivity index (χ1) is 10.2. The van der Waals surface area contributed by atoms with Crippen molar-refractivity contribution in [1.29, 1.82) is 0 Å². The fraction of sp³-hybridized carbons (Fsp3) is 0.400. The predicted octanol–water partition coefficient (Wildman–Crippen LogP) is 2.22. The average molecular weight is 303 g/mol. The van der Waals surface area contributed by atoms with Gasteiger partial charge in [0.2, 0.25) is 0 Å². The van der Waals surface area contributed by atoms with Crippen LogP contribution in [-0.2, 0) is 11.3 Å². The van der Waals surface area contributed by atoms with E-state index in [-0.39, 0.29) is 16.7 Å². The second-order valence-corrected chi connectivity index (χ2v) is 6.37. The van der Waals surface area contributed by atoms with Crippen LogP contribution >= 0.6 is 11.8 Å². The van der Waals surface area contributed by atoms with Crippen LogP contribution in [0.15, 0.2) is 40.3 Å². The quantitative estimate of drug-likeness (QED) is 0.940. The van der Waals surface area contributed by atoms with Gasteiger partial charge in [-0.2, -0.15) is 0 Å². The highest BCUT2D eigenvalue weighted by atomic mass is 32.2. The van der Waals surface area contributed by atoms with Crippen LogP contribution in [0.2, 0.25) is 0 Å². The summed E-state index contributed by atoms with van der Waals surface area (Å²) in [6, 6.07) is 9.77. The molecule has 0 aliphatic heterocycles. The maximum Gasteiger partial charge on any atom is 0.344 e. The number of benzene rings is 1. The largest absolute Gasteiger partial charge is 0.344 e. The molecule has 21 heavy (non-hydrogen) atoms. The van der Waals surface area contributed by atoms with Crippen molar-refractivity contribution in [3.8, 4) is 0 Å². The summed E-state index contributed by atoms with van der Waals surface area (Å²) >= 11 is 1.41. The lowest BCUT2D eigenvalue weighted by Crippen LogP contribution is -2.23. The van der Waals surface area contributed by atoms with E-state index in [9.17, 15) is 9.59 Å². The second kappa shape index (κ2) is 6.30. The first-order valence-corrected chi connectivity index (χ1v) is 8.00. The van der Waals surface area contributed by atoms with Crippen LogP contribution in [0.25, 0.3) is 0 Å². The number of Topliss-reactive ketones (excluding diaryl/α,β-unsaturated/α-hetero) is 1. The van der Waals surface area contributed by atoms with Crippen LogP contribution in [-0.4, -0.2) is 25.8 Å². The molecule has 5 nitrogen and oxygen atoms in total. The van der Waals surface area contributed by atoms with E-state index in [0.29, 0.717) is 18.1 Å². The Balaban J connectivity index is 1.80. The molecule has 0 bridgehead atoms. The average Bonchev–Trinajstić information content (AvgIpc) is 2.84. The lowest BCUT2D eigenvalue weighted by Gasteiger charge is -2.19. The number of carbonyl (C=O) groups excluding carboxylic acids is 1. The van der Waals surface area contributed by atoms with Crippen molar-refractivity contribution >= 4 is 17.5 Å². The number of nitrogens with zero attached hydrogens (tertiary/aromatic N) is 2. The van der Waals surface area contributed by atoms with Crippen molar-refractivity contribution in [3.05, 3.63) is 46.4 Å². The van der Waals surface area contributed by atoms with Crippen molar-refractivity contribution in [2.75, 3.05) is 0 Å². The molecule has 0 radical (unpaired) electrons. The van der Waals surface area contributed by atoms with Gasteiger partial charge in [-0.1, -0.05) is 48.5 Å². The zero-order valence-electron chi connectivity index (χ0n) is 11.6. The molecule has 0 spiro atoms. The topological polar surface area (TPSA) is 67.8 Å². The predicted molar refractivity (Wildman–Crippen MR) is 81.5 cm³/mol. The summed E-state index contributed by atoms with van der Waals surface area (Å²) in [5.74, 6) is 0.271. The minimum atomic E-state index is -0.232. The molecule has 1 N–H and O–H groups in total. The van der Waals surface area contributed by atoms with E-state index in [2.05, 4.69) is 10.2 Å². The first-order valence-electron chi connectivity index (χ1n) is 7.12. The van der Waals surface area contributed by atoms with Gasteiger partial charge in [-0.25, -0.2) is 9.89 Å². The van der Waals surface area contributed by atoms with Crippen molar-refractivity contribution < 1.29 is 4.79 Å². The summed E-state index contributed by atoms with van der Waals surface area (Å²) < 4.78 is 1.60. The molecule has 1 heterocycles. The Hall–Kier alpha value is -1.82. The summed E-state index contributed by atoms with van der Waals surface area (Å²) in [4.78, 5) is 23.8. The van der Waals surface area contributed by atoms with Crippen molar-refractivity contribution in [3.63, 3.8) is 0 Å². The molecule has 1 aliphatic rings. The third kappa shape index (κ3) is 3.26. The smallest absolute Gasteiger partial charge is 0.298 e. The number of carbonyl (C=O) groups is 1. The molecule has 1 saturated carbocycles. The molecule has 1 aliphatic carbocycles. The van der Waals surface area contributed by atoms with Gasteiger partial charge in [0.1, 0.15) is 5.78 Å². The van der Waals surface area contributed by atoms with Crippen molar-refractivity contribution in [2.24, 2.45) is 0 Å². The SMILES string of the molecule is O=C1CCCC[C@H]1Sc1n[nH]c(=O)n1Cc1ccccc1. The molecule has 1 aromatic heterocycles. The molecule has 2 aromatic rings. The van der Waals surface area contributed by atoms with Crippen molar-refractivity contribution in [1.82, 2.24) is 14.8 Å². The number of hydrogen-bond acceptors (Lipinski definition) is 4. The molecule has 0 saturated heterocycles. The number of thioether (sulfide) groups is 1. The standard InChI is InChI=1S/C15H17N3O2S/c19-12-8-4-5-9-13(12)21-15-17-16-14(20)18(15)10-11-6-2-1-3-7-11/h1-3,6-7,13H,4-5,8-10H2,(H,16,20)/t13-/m1/s1.